The second-order valence-corrected chi connectivity index (χ2v) is 4.09. The first-order valence-corrected chi connectivity index (χ1v) is 5.08. The molecule has 0 aliphatic heterocycles. The van der Waals surface area contributed by atoms with Crippen LogP contribution in [0.15, 0.2) is 12.2 Å². The molecule has 1 aliphatic rings. The second-order valence-electron chi connectivity index (χ2n) is 4.09. The first-order valence-electron chi connectivity index (χ1n) is 5.08. The molecule has 0 aromatic heterocycles. The summed E-state index contributed by atoms with van der Waals surface area (Å²) < 4.78 is 0. The monoisotopic (exact) mass is 213 g/mol. The van der Waals surface area contributed by atoms with Gasteiger partial charge in [-0.15, -0.1) is 0 Å². The lowest BCUT2D eigenvalue weighted by molar-refractivity contribution is -0.495. The average Bonchev–Trinajstić information content (AvgIpc) is 2.15. The zero-order valence-electron chi connectivity index (χ0n) is 8.52. The molecule has 5 heteroatoms. The number of nitro groups is 1. The van der Waals surface area contributed by atoms with Gasteiger partial charge in [0.05, 0.1) is 5.41 Å². The van der Waals surface area contributed by atoms with E-state index in [0.29, 0.717) is 0 Å². The van der Waals surface area contributed by atoms with Gasteiger partial charge in [-0.2, -0.15) is 0 Å². The average molecular weight is 213 g/mol. The fourth-order valence-corrected chi connectivity index (χ4v) is 2.14. The molecule has 1 rings (SSSR count). The van der Waals surface area contributed by atoms with E-state index in [2.05, 4.69) is 0 Å². The standard InChI is InChI=1S/C10H15NO4/c12-9(13)4-7-10(8-11(14)15)5-2-1-3-6-10/h4,7H,1-3,5-6,8H2,(H,12,13). The van der Waals surface area contributed by atoms with E-state index in [1.54, 1.807) is 0 Å². The molecule has 1 N–H and O–H groups in total. The predicted octanol–water partition coefficient (Wildman–Crippen LogP) is 1.85. The zero-order valence-corrected chi connectivity index (χ0v) is 8.52. The van der Waals surface area contributed by atoms with Gasteiger partial charge >= 0.3 is 5.97 Å². The summed E-state index contributed by atoms with van der Waals surface area (Å²) >= 11 is 0. The van der Waals surface area contributed by atoms with E-state index in [0.717, 1.165) is 38.2 Å². The number of hydrogen-bond donors (Lipinski definition) is 1. The summed E-state index contributed by atoms with van der Waals surface area (Å²) in [5, 5.41) is 19.1. The van der Waals surface area contributed by atoms with Gasteiger partial charge in [0.15, 0.2) is 0 Å². The van der Waals surface area contributed by atoms with Crippen LogP contribution in [0.4, 0.5) is 0 Å². The van der Waals surface area contributed by atoms with E-state index in [9.17, 15) is 14.9 Å². The van der Waals surface area contributed by atoms with E-state index < -0.39 is 11.4 Å². The summed E-state index contributed by atoms with van der Waals surface area (Å²) in [4.78, 5) is 20.6. The molecular weight excluding hydrogens is 198 g/mol. The second kappa shape index (κ2) is 4.91. The van der Waals surface area contributed by atoms with Crippen LogP contribution in [0, 0.1) is 15.5 Å². The van der Waals surface area contributed by atoms with Crippen molar-refractivity contribution in [1.29, 1.82) is 0 Å². The molecule has 0 unspecified atom stereocenters. The van der Waals surface area contributed by atoms with E-state index in [-0.39, 0.29) is 11.5 Å². The number of rotatable bonds is 4. The molecule has 15 heavy (non-hydrogen) atoms. The molecule has 1 fully saturated rings. The van der Waals surface area contributed by atoms with Gasteiger partial charge in [0.25, 0.3) is 0 Å². The Morgan fingerprint density at radius 1 is 1.40 bits per heavy atom. The third-order valence-electron chi connectivity index (χ3n) is 2.87. The minimum atomic E-state index is -1.04. The maximum Gasteiger partial charge on any atom is 0.328 e. The molecule has 0 heterocycles. The third-order valence-corrected chi connectivity index (χ3v) is 2.87. The molecule has 0 atom stereocenters. The van der Waals surface area contributed by atoms with Crippen LogP contribution in [0.3, 0.4) is 0 Å². The van der Waals surface area contributed by atoms with Crippen molar-refractivity contribution in [2.24, 2.45) is 5.41 Å². The zero-order chi connectivity index (χ0) is 11.3. The highest BCUT2D eigenvalue weighted by atomic mass is 16.6. The van der Waals surface area contributed by atoms with Crippen LogP contribution in [0.5, 0.6) is 0 Å². The Kier molecular flexibility index (Phi) is 3.82. The van der Waals surface area contributed by atoms with Gasteiger partial charge < -0.3 is 5.11 Å². The van der Waals surface area contributed by atoms with Gasteiger partial charge in [-0.1, -0.05) is 25.3 Å². The predicted molar refractivity (Wildman–Crippen MR) is 54.2 cm³/mol. The van der Waals surface area contributed by atoms with Gasteiger partial charge in [-0.25, -0.2) is 4.79 Å². The quantitative estimate of drug-likeness (QED) is 0.439. The molecule has 0 aromatic rings. The number of carboxylic acid groups (broad SMARTS) is 1. The maximum atomic E-state index is 10.5. The van der Waals surface area contributed by atoms with Gasteiger partial charge in [-0.3, -0.25) is 10.1 Å². The molecule has 0 aromatic carbocycles. The fraction of sp³-hybridized carbons (Fsp3) is 0.700. The summed E-state index contributed by atoms with van der Waals surface area (Å²) in [6.45, 7) is -0.156. The molecule has 0 amide bonds. The highest BCUT2D eigenvalue weighted by Crippen LogP contribution is 2.37. The summed E-state index contributed by atoms with van der Waals surface area (Å²) in [5.74, 6) is -1.04. The lowest BCUT2D eigenvalue weighted by atomic mass is 9.74. The Balaban J connectivity index is 2.74. The van der Waals surface area contributed by atoms with Gasteiger partial charge in [0, 0.05) is 11.0 Å². The van der Waals surface area contributed by atoms with Crippen molar-refractivity contribution in [3.8, 4) is 0 Å². The van der Waals surface area contributed by atoms with E-state index in [1.165, 1.54) is 6.08 Å². The van der Waals surface area contributed by atoms with Gasteiger partial charge in [0.1, 0.15) is 0 Å². The van der Waals surface area contributed by atoms with E-state index >= 15 is 0 Å². The molecule has 0 radical (unpaired) electrons. The minimum Gasteiger partial charge on any atom is -0.478 e. The molecule has 0 spiro atoms. The third kappa shape index (κ3) is 3.69. The van der Waals surface area contributed by atoms with Crippen LogP contribution in [0.25, 0.3) is 0 Å². The number of carboxylic acids is 1. The van der Waals surface area contributed by atoms with Crippen LogP contribution >= 0.6 is 0 Å². The van der Waals surface area contributed by atoms with Crippen molar-refractivity contribution in [3.05, 3.63) is 22.3 Å². The fourth-order valence-electron chi connectivity index (χ4n) is 2.14. The van der Waals surface area contributed by atoms with Crippen molar-refractivity contribution in [2.75, 3.05) is 6.54 Å². The highest BCUT2D eigenvalue weighted by molar-refractivity contribution is 5.79. The van der Waals surface area contributed by atoms with E-state index in [4.69, 9.17) is 5.11 Å². The largest absolute Gasteiger partial charge is 0.478 e. The maximum absolute atomic E-state index is 10.5. The summed E-state index contributed by atoms with van der Waals surface area (Å²) in [6, 6.07) is 0. The smallest absolute Gasteiger partial charge is 0.328 e. The van der Waals surface area contributed by atoms with Crippen LogP contribution < -0.4 is 0 Å². The Morgan fingerprint density at radius 3 is 2.47 bits per heavy atom. The molecular formula is C10H15NO4. The molecule has 5 nitrogen and oxygen atoms in total. The number of carbonyl (C=O) groups is 1. The molecule has 0 bridgehead atoms. The molecule has 0 saturated heterocycles. The Labute approximate surface area is 87.9 Å². The first-order chi connectivity index (χ1) is 7.04. The van der Waals surface area contributed by atoms with Crippen molar-refractivity contribution in [1.82, 2.24) is 0 Å². The Hall–Kier alpha value is -1.39. The number of aliphatic carboxylic acids is 1. The molecule has 1 aliphatic carbocycles. The van der Waals surface area contributed by atoms with Crippen molar-refractivity contribution < 1.29 is 14.8 Å². The van der Waals surface area contributed by atoms with Crippen LogP contribution in [0.2, 0.25) is 0 Å². The topological polar surface area (TPSA) is 80.4 Å². The van der Waals surface area contributed by atoms with Gasteiger partial charge in [-0.05, 0) is 12.8 Å². The van der Waals surface area contributed by atoms with Crippen LogP contribution in [-0.2, 0) is 4.79 Å². The summed E-state index contributed by atoms with van der Waals surface area (Å²) in [6.07, 6.45) is 6.96. The Morgan fingerprint density at radius 2 is 2.00 bits per heavy atom. The SMILES string of the molecule is O=C(O)C=CC1(C[N+](=O)[O-])CCCCC1. The first kappa shape index (κ1) is 11.7. The molecule has 1 saturated carbocycles. The summed E-state index contributed by atoms with van der Waals surface area (Å²) in [5.41, 5.74) is -0.528. The summed E-state index contributed by atoms with van der Waals surface area (Å²) in [7, 11) is 0. The highest BCUT2D eigenvalue weighted by Gasteiger charge is 2.34. The van der Waals surface area contributed by atoms with E-state index in [1.807, 2.05) is 0 Å². The van der Waals surface area contributed by atoms with Crippen molar-refractivity contribution >= 4 is 5.97 Å². The van der Waals surface area contributed by atoms with Crippen LogP contribution in [-0.4, -0.2) is 22.5 Å². The number of hydrogen-bond acceptors (Lipinski definition) is 3. The lowest BCUT2D eigenvalue weighted by Gasteiger charge is -2.30. The Bertz CT molecular complexity index is 279. The van der Waals surface area contributed by atoms with Gasteiger partial charge in [0.2, 0.25) is 6.54 Å². The van der Waals surface area contributed by atoms with Crippen molar-refractivity contribution in [2.45, 2.75) is 32.1 Å². The normalized spacial score (nSPS) is 20.3. The van der Waals surface area contributed by atoms with Crippen LogP contribution in [0.1, 0.15) is 32.1 Å². The minimum absolute atomic E-state index is 0.156. The van der Waals surface area contributed by atoms with Crippen molar-refractivity contribution in [3.63, 3.8) is 0 Å². The lowest BCUT2D eigenvalue weighted by Crippen LogP contribution is -2.30. The number of nitrogens with zero attached hydrogens (tertiary/aromatic N) is 1. The molecule has 84 valence electrons.